The normalized spacial score (nSPS) is 11.0. The molecule has 7 N–H and O–H groups in total. The molecule has 8 nitrogen and oxygen atoms in total. The molecular weight excluding hydrogens is 394 g/mol. The number of nitrogens with zero attached hydrogens (tertiary/aromatic N) is 1. The van der Waals surface area contributed by atoms with Gasteiger partial charge in [0, 0.05) is 49.4 Å². The van der Waals surface area contributed by atoms with Crippen LogP contribution in [0.2, 0.25) is 0 Å². The molecule has 31 heavy (non-hydrogen) atoms. The van der Waals surface area contributed by atoms with Crippen LogP contribution in [0.3, 0.4) is 0 Å². The molecule has 0 aliphatic rings. The molecule has 0 heterocycles. The van der Waals surface area contributed by atoms with Crippen molar-refractivity contribution in [2.24, 2.45) is 11.5 Å². The second-order valence-corrected chi connectivity index (χ2v) is 6.57. The molecule has 0 saturated carbocycles. The third kappa shape index (κ3) is 8.58. The lowest BCUT2D eigenvalue weighted by molar-refractivity contribution is -0.131. The second-order valence-electron chi connectivity index (χ2n) is 6.57. The summed E-state index contributed by atoms with van der Waals surface area (Å²) in [6.07, 6.45) is 0. The topological polar surface area (TPSA) is 134 Å². The molecule has 0 aromatic heterocycles. The summed E-state index contributed by atoms with van der Waals surface area (Å²) in [5, 5.41) is 11.7. The highest BCUT2D eigenvalue weighted by Crippen LogP contribution is 2.05. The molecule has 2 rings (SSSR count). The zero-order valence-electron chi connectivity index (χ0n) is 16.7. The summed E-state index contributed by atoms with van der Waals surface area (Å²) >= 11 is 0. The lowest BCUT2D eigenvalue weighted by Gasteiger charge is -2.26. The second kappa shape index (κ2) is 13.9. The molecule has 0 spiro atoms. The van der Waals surface area contributed by atoms with Gasteiger partial charge in [-0.2, -0.15) is 0 Å². The van der Waals surface area contributed by atoms with Crippen LogP contribution in [0, 0.1) is 11.8 Å². The summed E-state index contributed by atoms with van der Waals surface area (Å²) in [7, 11) is 0. The van der Waals surface area contributed by atoms with E-state index in [-0.39, 0.29) is 14.0 Å². The molecule has 2 amide bonds. The summed E-state index contributed by atoms with van der Waals surface area (Å²) in [6.45, 7) is 1.96. The van der Waals surface area contributed by atoms with Crippen LogP contribution in [-0.4, -0.2) is 60.7 Å². The van der Waals surface area contributed by atoms with Crippen LogP contribution in [0.5, 0.6) is 0 Å². The average Bonchev–Trinajstić information content (AvgIpc) is 2.78. The van der Waals surface area contributed by atoms with Gasteiger partial charge in [0.25, 0.3) is 11.8 Å². The van der Waals surface area contributed by atoms with E-state index >= 15 is 0 Å². The molecule has 0 fully saturated rings. The van der Waals surface area contributed by atoms with Crippen LogP contribution < -0.4 is 22.3 Å². The maximum absolute atomic E-state index is 12.6. The molecule has 1 atom stereocenters. The molecule has 0 bridgehead atoms. The number of hydrogen-bond acceptors (Lipinski definition) is 6. The van der Waals surface area contributed by atoms with Gasteiger partial charge in [-0.1, -0.05) is 37.5 Å². The summed E-state index contributed by atoms with van der Waals surface area (Å²) in [5.41, 5.74) is 14.8. The van der Waals surface area contributed by atoms with Crippen molar-refractivity contribution < 1.29 is 14.8 Å². The van der Waals surface area contributed by atoms with Crippen LogP contribution in [0.1, 0.15) is 28.9 Å². The molecule has 166 valence electrons. The molecular formula is C23H31N5O3. The maximum Gasteiger partial charge on any atom is 0.267 e. The highest BCUT2D eigenvalue weighted by Gasteiger charge is 2.23. The standard InChI is InChI=1S/C22H27N5O3.CH4/c23-12-14-27(15-13-24)16-20(22(29)26-30)25-21(28)19-10-8-18(9-11-19)7-6-17-4-2-1-3-5-17;/h1-5,8-11,20,30H,12-16,23-24H2,(H,25,28)(H,26,29);1H4/t20-;/m0./s1. The van der Waals surface area contributed by atoms with Gasteiger partial charge in [0.15, 0.2) is 0 Å². The fourth-order valence-electron chi connectivity index (χ4n) is 2.80. The van der Waals surface area contributed by atoms with Crippen LogP contribution in [0.25, 0.3) is 0 Å². The van der Waals surface area contributed by atoms with E-state index in [0.29, 0.717) is 31.7 Å². The first-order valence-corrected chi connectivity index (χ1v) is 9.61. The molecule has 2 aromatic rings. The van der Waals surface area contributed by atoms with E-state index in [0.717, 1.165) is 11.1 Å². The predicted octanol–water partition coefficient (Wildman–Crippen LogP) is 0.546. The number of carbonyl (C=O) groups excluding carboxylic acids is 2. The largest absolute Gasteiger partial charge is 0.339 e. The summed E-state index contributed by atoms with van der Waals surface area (Å²) in [5.74, 6) is 4.94. The van der Waals surface area contributed by atoms with Gasteiger partial charge in [0.05, 0.1) is 0 Å². The quantitative estimate of drug-likeness (QED) is 0.226. The van der Waals surface area contributed by atoms with E-state index in [4.69, 9.17) is 16.7 Å². The first kappa shape index (κ1) is 25.8. The Kier molecular flexibility index (Phi) is 11.6. The van der Waals surface area contributed by atoms with E-state index in [1.54, 1.807) is 29.7 Å². The maximum atomic E-state index is 12.6. The Balaban J connectivity index is 0.00000480. The lowest BCUT2D eigenvalue weighted by atomic mass is 10.1. The number of rotatable bonds is 9. The molecule has 0 saturated heterocycles. The Morgan fingerprint density at radius 2 is 1.48 bits per heavy atom. The highest BCUT2D eigenvalue weighted by molar-refractivity contribution is 5.97. The van der Waals surface area contributed by atoms with E-state index in [2.05, 4.69) is 17.2 Å². The van der Waals surface area contributed by atoms with Gasteiger partial charge in [0.2, 0.25) is 0 Å². The highest BCUT2D eigenvalue weighted by atomic mass is 16.5. The molecule has 0 unspecified atom stereocenters. The SMILES string of the molecule is C.NCCN(CCN)C[C@H](NC(=O)c1ccc(C#Cc2ccccc2)cc1)C(=O)NO. The van der Waals surface area contributed by atoms with Gasteiger partial charge in [-0.25, -0.2) is 5.48 Å². The van der Waals surface area contributed by atoms with Crippen molar-refractivity contribution in [2.45, 2.75) is 13.5 Å². The van der Waals surface area contributed by atoms with Gasteiger partial charge >= 0.3 is 0 Å². The van der Waals surface area contributed by atoms with Crippen molar-refractivity contribution in [3.8, 4) is 11.8 Å². The molecule has 0 radical (unpaired) electrons. The van der Waals surface area contributed by atoms with Crippen molar-refractivity contribution >= 4 is 11.8 Å². The first-order valence-electron chi connectivity index (χ1n) is 9.61. The van der Waals surface area contributed by atoms with Crippen LogP contribution in [0.15, 0.2) is 54.6 Å². The summed E-state index contributed by atoms with van der Waals surface area (Å²) in [4.78, 5) is 26.4. The van der Waals surface area contributed by atoms with Crippen molar-refractivity contribution in [2.75, 3.05) is 32.7 Å². The summed E-state index contributed by atoms with van der Waals surface area (Å²) in [6, 6.07) is 15.4. The molecule has 2 aromatic carbocycles. The third-order valence-corrected chi connectivity index (χ3v) is 4.34. The fraction of sp³-hybridized carbons (Fsp3) is 0.304. The van der Waals surface area contributed by atoms with Gasteiger partial charge < -0.3 is 16.8 Å². The van der Waals surface area contributed by atoms with Gasteiger partial charge in [-0.15, -0.1) is 0 Å². The average molecular weight is 426 g/mol. The van der Waals surface area contributed by atoms with E-state index in [1.165, 1.54) is 0 Å². The predicted molar refractivity (Wildman–Crippen MR) is 121 cm³/mol. The Bertz CT molecular complexity index is 870. The fourth-order valence-corrected chi connectivity index (χ4v) is 2.80. The number of nitrogens with two attached hydrogens (primary N) is 2. The minimum Gasteiger partial charge on any atom is -0.339 e. The van der Waals surface area contributed by atoms with E-state index < -0.39 is 17.9 Å². The van der Waals surface area contributed by atoms with Crippen molar-refractivity contribution in [3.63, 3.8) is 0 Å². The van der Waals surface area contributed by atoms with Crippen molar-refractivity contribution in [1.82, 2.24) is 15.7 Å². The first-order chi connectivity index (χ1) is 14.6. The Morgan fingerprint density at radius 1 is 0.935 bits per heavy atom. The molecule has 0 aliphatic carbocycles. The van der Waals surface area contributed by atoms with Crippen molar-refractivity contribution in [3.05, 3.63) is 71.3 Å². The van der Waals surface area contributed by atoms with Crippen LogP contribution in [0.4, 0.5) is 0 Å². The van der Waals surface area contributed by atoms with Gasteiger partial charge in [0.1, 0.15) is 6.04 Å². The van der Waals surface area contributed by atoms with E-state index in [1.807, 2.05) is 35.2 Å². The van der Waals surface area contributed by atoms with Gasteiger partial charge in [-0.05, 0) is 36.4 Å². The third-order valence-electron chi connectivity index (χ3n) is 4.34. The monoisotopic (exact) mass is 425 g/mol. The molecule has 8 heteroatoms. The number of carbonyl (C=O) groups is 2. The number of amides is 2. The number of nitrogens with one attached hydrogen (secondary N) is 2. The summed E-state index contributed by atoms with van der Waals surface area (Å²) < 4.78 is 0. The molecule has 0 aliphatic heterocycles. The number of hydrogen-bond donors (Lipinski definition) is 5. The number of benzene rings is 2. The Morgan fingerprint density at radius 3 is 2.00 bits per heavy atom. The number of hydroxylamine groups is 1. The van der Waals surface area contributed by atoms with E-state index in [9.17, 15) is 9.59 Å². The van der Waals surface area contributed by atoms with Crippen LogP contribution in [-0.2, 0) is 4.79 Å². The minimum absolute atomic E-state index is 0. The minimum atomic E-state index is -0.960. The Labute approximate surface area is 183 Å². The van der Waals surface area contributed by atoms with Crippen molar-refractivity contribution in [1.29, 1.82) is 0 Å². The van der Waals surface area contributed by atoms with Crippen LogP contribution >= 0.6 is 0 Å². The Hall–Kier alpha value is -3.22. The van der Waals surface area contributed by atoms with Gasteiger partial charge in [-0.3, -0.25) is 19.7 Å². The smallest absolute Gasteiger partial charge is 0.267 e. The lowest BCUT2D eigenvalue weighted by Crippen LogP contribution is -2.53. The zero-order valence-corrected chi connectivity index (χ0v) is 16.7. The zero-order chi connectivity index (χ0) is 21.8.